The van der Waals surface area contributed by atoms with Crippen LogP contribution in [0.5, 0.6) is 0 Å². The van der Waals surface area contributed by atoms with Gasteiger partial charge in [-0.15, -0.1) is 0 Å². The van der Waals surface area contributed by atoms with Crippen molar-refractivity contribution in [1.29, 1.82) is 0 Å². The predicted octanol–water partition coefficient (Wildman–Crippen LogP) is 15.8. The van der Waals surface area contributed by atoms with Crippen LogP contribution in [-0.2, 0) is 6.51 Å². The topological polar surface area (TPSA) is 0 Å². The summed E-state index contributed by atoms with van der Waals surface area (Å²) in [7, 11) is 0.424. The fraction of sp³-hybridized carbons (Fsp3) is 1.00. The Bertz CT molecular complexity index is 2260. The summed E-state index contributed by atoms with van der Waals surface area (Å²) in [5, 5.41) is 0. The molecule has 0 N–H and O–H groups in total. The summed E-state index contributed by atoms with van der Waals surface area (Å²) in [6.07, 6.45) is 38.6. The van der Waals surface area contributed by atoms with Crippen LogP contribution in [0.4, 0.5) is 0 Å². The molecule has 0 nitrogen and oxygen atoms in total. The molecule has 0 aromatic heterocycles. The van der Waals surface area contributed by atoms with E-state index in [4.69, 9.17) is 0 Å². The molecule has 16 aliphatic carbocycles. The van der Waals surface area contributed by atoms with E-state index in [2.05, 4.69) is 20.8 Å². The molecule has 0 aromatic rings. The van der Waals surface area contributed by atoms with Gasteiger partial charge in [0.05, 0.1) is 0 Å². The zero-order valence-corrected chi connectivity index (χ0v) is 40.3. The van der Waals surface area contributed by atoms with Gasteiger partial charge in [-0.2, -0.15) is 0 Å². The molecule has 16 bridgehead atoms. The van der Waals surface area contributed by atoms with Crippen LogP contribution < -0.4 is 0 Å². The van der Waals surface area contributed by atoms with E-state index < -0.39 is 6.51 Å². The van der Waals surface area contributed by atoms with E-state index in [9.17, 15) is 0 Å². The molecule has 0 aromatic carbocycles. The molecule has 10 heterocycles. The molecule has 16 saturated carbocycles. The van der Waals surface area contributed by atoms with Gasteiger partial charge in [0.2, 0.25) is 0 Å². The SMILES string of the molecule is CC(C)(C)[C]12[CH]3[CH]4[CH]5[CH]1[Fe]45321678[CH]2[CH]1[C]6(CP(C1C3CC4CC(C3)CC1C4)C1C3CC4CC(C3)CC1C4)[C]7(CP(C1C3CC4CC(C3)CC1C4)C1C3CC4CC(C3)CC1C4)[CH]28. The van der Waals surface area contributed by atoms with Gasteiger partial charge in [0, 0.05) is 0 Å². The fourth-order valence-corrected chi connectivity index (χ4v) is 138. The Morgan fingerprint density at radius 3 is 0.797 bits per heavy atom. The summed E-state index contributed by atoms with van der Waals surface area (Å²) in [5.74, 6) is 19.1. The Kier molecular flexibility index (Phi) is 3.43. The Morgan fingerprint density at radius 2 is 0.610 bits per heavy atom. The molecule has 8 unspecified atom stereocenters. The van der Waals surface area contributed by atoms with Crippen molar-refractivity contribution in [1.82, 2.24) is 0 Å². The van der Waals surface area contributed by atoms with Crippen molar-refractivity contribution in [2.75, 3.05) is 12.3 Å². The van der Waals surface area contributed by atoms with Crippen molar-refractivity contribution in [3.8, 4) is 0 Å². The molecule has 10 aliphatic heterocycles. The number of hydrogen-bond donors (Lipinski definition) is 0. The maximum atomic E-state index is 2.96. The van der Waals surface area contributed by atoms with Gasteiger partial charge < -0.3 is 0 Å². The van der Waals surface area contributed by atoms with Crippen molar-refractivity contribution in [2.24, 2.45) is 100 Å². The van der Waals surface area contributed by atoms with Gasteiger partial charge in [-0.05, 0) is 0 Å². The number of rotatable bonds is 8. The fourth-order valence-electron chi connectivity index (χ4n) is 39.9. The van der Waals surface area contributed by atoms with Crippen LogP contribution in [0.25, 0.3) is 0 Å². The van der Waals surface area contributed by atoms with Gasteiger partial charge in [0.25, 0.3) is 0 Å². The number of hydrogen-bond acceptors (Lipinski definition) is 0. The predicted molar refractivity (Wildman–Crippen MR) is 241 cm³/mol. The van der Waals surface area contributed by atoms with Crippen LogP contribution in [0.3, 0.4) is 0 Å². The second-order valence-electron chi connectivity index (χ2n) is 33.4. The van der Waals surface area contributed by atoms with Crippen molar-refractivity contribution < 1.29 is 6.51 Å². The van der Waals surface area contributed by atoms with Crippen LogP contribution in [0, 0.1) is 100 Å². The van der Waals surface area contributed by atoms with Crippen LogP contribution >= 0.6 is 15.8 Å². The van der Waals surface area contributed by atoms with E-state index in [-0.39, 0.29) is 15.8 Å². The first-order valence-electron chi connectivity index (χ1n) is 28.1. The van der Waals surface area contributed by atoms with E-state index in [1.165, 1.54) is 151 Å². The van der Waals surface area contributed by atoms with Crippen LogP contribution in [-0.4, -0.2) is 35.0 Å². The molecule has 1 spiro atoms. The van der Waals surface area contributed by atoms with Crippen molar-refractivity contribution in [3.63, 3.8) is 0 Å². The molecular weight excluding hydrogens is 790 g/mol. The third-order valence-corrected chi connectivity index (χ3v) is 89.5. The molecule has 26 aliphatic rings. The third-order valence-electron chi connectivity index (χ3n) is 35.8. The minimum absolute atomic E-state index is 0.212. The summed E-state index contributed by atoms with van der Waals surface area (Å²) in [5.41, 5.74) is 5.76. The minimum atomic E-state index is -3.98. The zero-order valence-electron chi connectivity index (χ0n) is 37.4. The molecule has 8 atom stereocenters. The average Bonchev–Trinajstić information content (AvgIpc) is 4.12. The second kappa shape index (κ2) is 6.29. The molecule has 322 valence electrons. The van der Waals surface area contributed by atoms with Crippen LogP contribution in [0.2, 0.25) is 46.7 Å². The van der Waals surface area contributed by atoms with E-state index in [0.29, 0.717) is 5.41 Å². The van der Waals surface area contributed by atoms with Gasteiger partial charge in [-0.1, -0.05) is 0 Å². The van der Waals surface area contributed by atoms with Gasteiger partial charge in [-0.25, -0.2) is 0 Å². The molecule has 26 fully saturated rings. The van der Waals surface area contributed by atoms with Crippen LogP contribution in [0.15, 0.2) is 0 Å². The molecular formula is C56H80FeP2. The van der Waals surface area contributed by atoms with Gasteiger partial charge in [0.1, 0.15) is 0 Å². The Labute approximate surface area is 351 Å². The van der Waals surface area contributed by atoms with E-state index in [0.717, 1.165) is 12.9 Å². The zero-order chi connectivity index (χ0) is 37.6. The summed E-state index contributed by atoms with van der Waals surface area (Å²) in [6, 6.07) is 0. The Balaban J connectivity index is 0.762. The quantitative estimate of drug-likeness (QED) is 0.168. The molecule has 0 radical (unpaired) electrons. The van der Waals surface area contributed by atoms with Gasteiger partial charge in [-0.3, -0.25) is 0 Å². The molecule has 3 heteroatoms. The standard InChI is InChI=1S/C47H67P2.C9H13.Fe/c1-2-34(24-48(44-36-8-26-4-27(10-36)11-37(44)9-26)45-38-12-28-5-29(14-38)15-39(45)13-28)35(3-1)25-49(46-40-16-30-6-31(18-40)19-41(46)17-30)47-42-20-32-7-33(22-42)23-43(47)21-32;1-9(2,3)8-6-4-5-7-8;/h1-3,26-33,36-47H,4-25H2;4-7H,1-3H3;. The molecule has 10 saturated heterocycles. The maximum absolute atomic E-state index is 3.98. The first-order valence-corrected chi connectivity index (χ1v) is 37.6. The van der Waals surface area contributed by atoms with Gasteiger partial charge >= 0.3 is 353 Å². The number of fused-ring (bicyclic) bond motifs is 10. The Morgan fingerprint density at radius 1 is 0.356 bits per heavy atom. The van der Waals surface area contributed by atoms with Crippen molar-refractivity contribution >= 4 is 15.8 Å². The summed E-state index contributed by atoms with van der Waals surface area (Å²) >= 11 is 0. The van der Waals surface area contributed by atoms with E-state index in [1.807, 2.05) is 12.3 Å². The van der Waals surface area contributed by atoms with E-state index in [1.54, 1.807) is 128 Å². The Hall–Kier alpha value is 1.38. The van der Waals surface area contributed by atoms with Crippen LogP contribution in [0.1, 0.15) is 149 Å². The molecule has 59 heavy (non-hydrogen) atoms. The normalized spacial score (nSPS) is 84.1. The van der Waals surface area contributed by atoms with Crippen molar-refractivity contribution in [2.45, 2.75) is 218 Å². The monoisotopic (exact) mass is 871 g/mol. The summed E-state index contributed by atoms with van der Waals surface area (Å²) < 4.78 is 3.23. The first kappa shape index (κ1) is 32.1. The van der Waals surface area contributed by atoms with E-state index >= 15 is 0 Å². The van der Waals surface area contributed by atoms with Gasteiger partial charge in [0.15, 0.2) is 0 Å². The second-order valence-corrected chi connectivity index (χ2v) is 61.6. The third kappa shape index (κ3) is 1.30. The molecule has 26 rings (SSSR count). The average molecular weight is 871 g/mol. The first-order chi connectivity index (χ1) is 28.4. The summed E-state index contributed by atoms with van der Waals surface area (Å²) in [6.45, 7) is 4.91. The molecule has 0 amide bonds. The van der Waals surface area contributed by atoms with Crippen molar-refractivity contribution in [3.05, 3.63) is 0 Å². The summed E-state index contributed by atoms with van der Waals surface area (Å²) in [4.78, 5) is 10.4.